The summed E-state index contributed by atoms with van der Waals surface area (Å²) in [6, 6.07) is 18.6. The number of carbonyl (C=O) groups is 3. The summed E-state index contributed by atoms with van der Waals surface area (Å²) >= 11 is 6.11. The van der Waals surface area contributed by atoms with Crippen LogP contribution in [0.1, 0.15) is 36.6 Å². The van der Waals surface area contributed by atoms with Gasteiger partial charge in [-0.15, -0.1) is 0 Å². The van der Waals surface area contributed by atoms with E-state index >= 15 is 0 Å². The van der Waals surface area contributed by atoms with Crippen molar-refractivity contribution in [2.75, 3.05) is 31.4 Å². The molecule has 0 bridgehead atoms. The van der Waals surface area contributed by atoms with E-state index in [9.17, 15) is 14.4 Å². The van der Waals surface area contributed by atoms with Gasteiger partial charge in [-0.2, -0.15) is 0 Å². The highest BCUT2D eigenvalue weighted by atomic mass is 35.5. The second-order valence-corrected chi connectivity index (χ2v) is 7.88. The van der Waals surface area contributed by atoms with Crippen molar-refractivity contribution < 1.29 is 19.1 Å². The first-order valence-corrected chi connectivity index (χ1v) is 10.5. The first-order chi connectivity index (χ1) is 15.8. The molecule has 0 radical (unpaired) electrons. The van der Waals surface area contributed by atoms with Gasteiger partial charge >= 0.3 is 5.97 Å². The number of rotatable bonds is 7. The standard InChI is InChI=1S/C25H24ClN3O4/c1-29(2)20-10-8-17(9-11-20)23(30)27-15-16-12-18(25(32)33-3)14-19(13-16)28-24(31)21-6-4-5-7-22(21)26/h4-14H,15H2,1-3H3,(H,27,30)(H,28,31). The van der Waals surface area contributed by atoms with Crippen molar-refractivity contribution in [3.8, 4) is 0 Å². The Hall–Kier alpha value is -3.84. The number of ether oxygens (including phenoxy) is 1. The number of methoxy groups -OCH3 is 1. The monoisotopic (exact) mass is 465 g/mol. The average Bonchev–Trinajstić information content (AvgIpc) is 2.82. The molecule has 2 amide bonds. The Morgan fingerprint density at radius 3 is 2.24 bits per heavy atom. The number of nitrogens with one attached hydrogen (secondary N) is 2. The van der Waals surface area contributed by atoms with Crippen molar-refractivity contribution in [3.63, 3.8) is 0 Å². The van der Waals surface area contributed by atoms with Gasteiger partial charge in [0.2, 0.25) is 0 Å². The molecule has 8 heteroatoms. The maximum Gasteiger partial charge on any atom is 0.337 e. The van der Waals surface area contributed by atoms with Crippen molar-refractivity contribution in [3.05, 3.63) is 94.0 Å². The summed E-state index contributed by atoms with van der Waals surface area (Å²) < 4.78 is 4.82. The lowest BCUT2D eigenvalue weighted by Gasteiger charge is -2.13. The third kappa shape index (κ3) is 6.11. The number of anilines is 2. The topological polar surface area (TPSA) is 87.7 Å². The van der Waals surface area contributed by atoms with Crippen LogP contribution in [0.25, 0.3) is 0 Å². The fourth-order valence-corrected chi connectivity index (χ4v) is 3.36. The molecule has 0 aliphatic rings. The third-order valence-electron chi connectivity index (χ3n) is 4.89. The number of amides is 2. The minimum Gasteiger partial charge on any atom is -0.465 e. The van der Waals surface area contributed by atoms with Crippen LogP contribution < -0.4 is 15.5 Å². The van der Waals surface area contributed by atoms with Crippen molar-refractivity contribution in [2.24, 2.45) is 0 Å². The van der Waals surface area contributed by atoms with Gasteiger partial charge in [-0.3, -0.25) is 9.59 Å². The van der Waals surface area contributed by atoms with E-state index in [2.05, 4.69) is 10.6 Å². The molecule has 7 nitrogen and oxygen atoms in total. The molecule has 0 aliphatic carbocycles. The summed E-state index contributed by atoms with van der Waals surface area (Å²) in [5.74, 6) is -1.24. The fourth-order valence-electron chi connectivity index (χ4n) is 3.14. The lowest BCUT2D eigenvalue weighted by atomic mass is 10.1. The van der Waals surface area contributed by atoms with Gasteiger partial charge in [-0.05, 0) is 60.2 Å². The maximum atomic E-state index is 12.6. The molecule has 3 aromatic rings. The Bertz CT molecular complexity index is 1180. The zero-order valence-electron chi connectivity index (χ0n) is 18.5. The summed E-state index contributed by atoms with van der Waals surface area (Å²) in [7, 11) is 5.12. The van der Waals surface area contributed by atoms with Crippen LogP contribution in [-0.4, -0.2) is 39.0 Å². The molecule has 0 spiro atoms. The van der Waals surface area contributed by atoms with Crippen molar-refractivity contribution >= 4 is 40.8 Å². The first-order valence-electron chi connectivity index (χ1n) is 10.1. The molecule has 3 aromatic carbocycles. The van der Waals surface area contributed by atoms with Gasteiger partial charge in [0.15, 0.2) is 0 Å². The van der Waals surface area contributed by atoms with Gasteiger partial charge < -0.3 is 20.3 Å². The molecular formula is C25H24ClN3O4. The molecule has 0 atom stereocenters. The van der Waals surface area contributed by atoms with E-state index in [4.69, 9.17) is 16.3 Å². The van der Waals surface area contributed by atoms with Crippen LogP contribution in [0.4, 0.5) is 11.4 Å². The second-order valence-electron chi connectivity index (χ2n) is 7.47. The van der Waals surface area contributed by atoms with Crippen LogP contribution in [0.5, 0.6) is 0 Å². The largest absolute Gasteiger partial charge is 0.465 e. The molecule has 0 saturated carbocycles. The van der Waals surface area contributed by atoms with Crippen LogP contribution in [0.15, 0.2) is 66.7 Å². The third-order valence-corrected chi connectivity index (χ3v) is 5.22. The van der Waals surface area contributed by atoms with E-state index in [1.165, 1.54) is 13.2 Å². The second kappa shape index (κ2) is 10.7. The van der Waals surface area contributed by atoms with E-state index in [1.54, 1.807) is 48.5 Å². The first kappa shape index (κ1) is 23.8. The predicted octanol–water partition coefficient (Wildman–Crippen LogP) is 4.37. The highest BCUT2D eigenvalue weighted by molar-refractivity contribution is 6.34. The van der Waals surface area contributed by atoms with E-state index in [0.717, 1.165) is 5.69 Å². The Morgan fingerprint density at radius 2 is 1.61 bits per heavy atom. The lowest BCUT2D eigenvalue weighted by molar-refractivity contribution is 0.0600. The van der Waals surface area contributed by atoms with Crippen LogP contribution in [-0.2, 0) is 11.3 Å². The van der Waals surface area contributed by atoms with Crippen molar-refractivity contribution in [2.45, 2.75) is 6.54 Å². The summed E-state index contributed by atoms with van der Waals surface area (Å²) in [6.07, 6.45) is 0. The summed E-state index contributed by atoms with van der Waals surface area (Å²) in [4.78, 5) is 39.3. The normalized spacial score (nSPS) is 10.3. The van der Waals surface area contributed by atoms with Crippen LogP contribution in [0, 0.1) is 0 Å². The van der Waals surface area contributed by atoms with E-state index < -0.39 is 11.9 Å². The average molecular weight is 466 g/mol. The highest BCUT2D eigenvalue weighted by Gasteiger charge is 2.14. The SMILES string of the molecule is COC(=O)c1cc(CNC(=O)c2ccc(N(C)C)cc2)cc(NC(=O)c2ccccc2Cl)c1. The number of esters is 1. The Labute approximate surface area is 197 Å². The van der Waals surface area contributed by atoms with Crippen LogP contribution in [0.2, 0.25) is 5.02 Å². The van der Waals surface area contributed by atoms with E-state index in [-0.39, 0.29) is 18.0 Å². The minimum atomic E-state index is -0.560. The van der Waals surface area contributed by atoms with E-state index in [1.807, 2.05) is 31.1 Å². The molecular weight excluding hydrogens is 442 g/mol. The Morgan fingerprint density at radius 1 is 0.909 bits per heavy atom. The molecule has 0 aromatic heterocycles. The zero-order chi connectivity index (χ0) is 24.0. The fraction of sp³-hybridized carbons (Fsp3) is 0.160. The molecule has 0 fully saturated rings. The summed E-state index contributed by atoms with van der Waals surface area (Å²) in [5.41, 5.74) is 3.04. The van der Waals surface area contributed by atoms with Gasteiger partial charge in [0.1, 0.15) is 0 Å². The maximum absolute atomic E-state index is 12.6. The van der Waals surface area contributed by atoms with Crippen LogP contribution >= 0.6 is 11.6 Å². The number of carbonyl (C=O) groups excluding carboxylic acids is 3. The minimum absolute atomic E-state index is 0.147. The molecule has 0 saturated heterocycles. The Kier molecular flexibility index (Phi) is 7.69. The highest BCUT2D eigenvalue weighted by Crippen LogP contribution is 2.20. The Balaban J connectivity index is 1.78. The molecule has 2 N–H and O–H groups in total. The molecule has 3 rings (SSSR count). The van der Waals surface area contributed by atoms with Gasteiger partial charge in [0.05, 0.1) is 23.3 Å². The number of nitrogens with zero attached hydrogens (tertiary/aromatic N) is 1. The van der Waals surface area contributed by atoms with Crippen molar-refractivity contribution in [1.82, 2.24) is 5.32 Å². The number of halogens is 1. The number of hydrogen-bond acceptors (Lipinski definition) is 5. The van der Waals surface area contributed by atoms with Gasteiger partial charge in [0, 0.05) is 37.6 Å². The van der Waals surface area contributed by atoms with Gasteiger partial charge in [-0.1, -0.05) is 23.7 Å². The quantitative estimate of drug-likeness (QED) is 0.506. The van der Waals surface area contributed by atoms with Gasteiger partial charge in [-0.25, -0.2) is 4.79 Å². The summed E-state index contributed by atoms with van der Waals surface area (Å²) in [5, 5.41) is 5.89. The zero-order valence-corrected chi connectivity index (χ0v) is 19.3. The smallest absolute Gasteiger partial charge is 0.337 e. The summed E-state index contributed by atoms with van der Waals surface area (Å²) in [6.45, 7) is 0.147. The van der Waals surface area contributed by atoms with Crippen LogP contribution in [0.3, 0.4) is 0 Å². The van der Waals surface area contributed by atoms with Gasteiger partial charge in [0.25, 0.3) is 11.8 Å². The molecule has 33 heavy (non-hydrogen) atoms. The molecule has 0 unspecified atom stereocenters. The molecule has 0 heterocycles. The van der Waals surface area contributed by atoms with Crippen molar-refractivity contribution in [1.29, 1.82) is 0 Å². The number of benzene rings is 3. The lowest BCUT2D eigenvalue weighted by Crippen LogP contribution is -2.23. The predicted molar refractivity (Wildman–Crippen MR) is 129 cm³/mol. The van der Waals surface area contributed by atoms with E-state index in [0.29, 0.717) is 27.4 Å². The molecule has 170 valence electrons. The number of hydrogen-bond donors (Lipinski definition) is 2. The molecule has 0 aliphatic heterocycles.